The minimum Gasteiger partial charge on any atom is -0.493 e. The molecule has 186 valence electrons. The van der Waals surface area contributed by atoms with E-state index in [9.17, 15) is 19.2 Å². The molecule has 0 spiro atoms. The fourth-order valence-corrected chi connectivity index (χ4v) is 3.30. The molecule has 10 heteroatoms. The maximum absolute atomic E-state index is 12.7. The minimum atomic E-state index is -0.786. The van der Waals surface area contributed by atoms with Crippen molar-refractivity contribution >= 4 is 41.0 Å². The lowest BCUT2D eigenvalue weighted by atomic mass is 10.1. The molecule has 2 aromatic rings. The molecule has 0 aliphatic heterocycles. The number of esters is 1. The van der Waals surface area contributed by atoms with E-state index in [1.807, 2.05) is 11.8 Å². The second-order valence-electron chi connectivity index (χ2n) is 7.10. The highest BCUT2D eigenvalue weighted by molar-refractivity contribution is 6.31. The summed E-state index contributed by atoms with van der Waals surface area (Å²) in [6, 6.07) is 9.47. The minimum absolute atomic E-state index is 0.0176. The molecule has 0 heterocycles. The van der Waals surface area contributed by atoms with Gasteiger partial charge < -0.3 is 19.5 Å². The highest BCUT2D eigenvalue weighted by atomic mass is 35.5. The van der Waals surface area contributed by atoms with Crippen molar-refractivity contribution in [1.82, 2.24) is 4.90 Å². The van der Waals surface area contributed by atoms with Crippen LogP contribution in [0.15, 0.2) is 36.4 Å². The molecule has 0 atom stereocenters. The summed E-state index contributed by atoms with van der Waals surface area (Å²) in [7, 11) is 2.55. The van der Waals surface area contributed by atoms with Crippen molar-refractivity contribution in [2.45, 2.75) is 12.8 Å². The smallest absolute Gasteiger partial charge is 0.340 e. The summed E-state index contributed by atoms with van der Waals surface area (Å²) >= 11 is 6.11. The Labute approximate surface area is 213 Å². The van der Waals surface area contributed by atoms with Crippen LogP contribution in [0.3, 0.4) is 0 Å². The Kier molecular flexibility index (Phi) is 10.4. The summed E-state index contributed by atoms with van der Waals surface area (Å²) in [5.74, 6) is 1.39. The highest BCUT2D eigenvalue weighted by Crippen LogP contribution is 2.34. The van der Waals surface area contributed by atoms with Crippen molar-refractivity contribution in [3.63, 3.8) is 0 Å². The Bertz CT molecular complexity index is 1240. The van der Waals surface area contributed by atoms with Gasteiger partial charge in [-0.05, 0) is 29.9 Å². The fraction of sp³-hybridized carbons (Fsp3) is 0.231. The number of terminal acetylenes is 2. The number of nitrogens with zero attached hydrogens (tertiary/aromatic N) is 1. The lowest BCUT2D eigenvalue weighted by Gasteiger charge is -2.19. The van der Waals surface area contributed by atoms with E-state index >= 15 is 0 Å². The molecule has 3 amide bonds. The number of anilines is 1. The van der Waals surface area contributed by atoms with E-state index in [1.54, 1.807) is 24.3 Å². The van der Waals surface area contributed by atoms with Gasteiger partial charge in [0.1, 0.15) is 0 Å². The molecule has 0 radical (unpaired) electrons. The van der Waals surface area contributed by atoms with E-state index in [0.717, 1.165) is 4.90 Å². The summed E-state index contributed by atoms with van der Waals surface area (Å²) < 4.78 is 15.8. The molecule has 0 bridgehead atoms. The van der Waals surface area contributed by atoms with E-state index in [-0.39, 0.29) is 48.7 Å². The van der Waals surface area contributed by atoms with Crippen LogP contribution in [-0.2, 0) is 25.5 Å². The van der Waals surface area contributed by atoms with Crippen molar-refractivity contribution < 1.29 is 33.4 Å². The standard InChI is InChI=1S/C26H23ClN2O7/c1-5-23(30)28-20-16-21(34-3)22(15-18(20)26(33)35-4)36-13-9-12-29(24(31)6-2)25(32)14-17-10-7-8-11-19(17)27/h1-2,7-8,10-11,15-16H,9,12-14H2,3-4H3,(H,28,30). The number of carbonyl (C=O) groups excluding carboxylic acids is 4. The van der Waals surface area contributed by atoms with Crippen LogP contribution in [0.25, 0.3) is 0 Å². The molecule has 0 aliphatic carbocycles. The Balaban J connectivity index is 2.14. The third-order valence-corrected chi connectivity index (χ3v) is 5.21. The number of rotatable bonds is 10. The van der Waals surface area contributed by atoms with Crippen LogP contribution in [0.2, 0.25) is 5.02 Å². The van der Waals surface area contributed by atoms with Gasteiger partial charge in [0.2, 0.25) is 5.91 Å². The molecule has 9 nitrogen and oxygen atoms in total. The first-order valence-corrected chi connectivity index (χ1v) is 10.9. The normalized spacial score (nSPS) is 9.81. The van der Waals surface area contributed by atoms with Gasteiger partial charge in [0.25, 0.3) is 5.91 Å². The molecule has 0 saturated heterocycles. The molecular formula is C26H23ClN2O7. The van der Waals surface area contributed by atoms with Gasteiger partial charge in [0.15, 0.2) is 11.5 Å². The monoisotopic (exact) mass is 510 g/mol. The molecule has 0 unspecified atom stereocenters. The topological polar surface area (TPSA) is 111 Å². The van der Waals surface area contributed by atoms with Crippen molar-refractivity contribution in [3.05, 3.63) is 52.5 Å². The average Bonchev–Trinajstić information content (AvgIpc) is 2.89. The number of imide groups is 1. The van der Waals surface area contributed by atoms with Gasteiger partial charge in [-0.2, -0.15) is 0 Å². The Morgan fingerprint density at radius 3 is 2.39 bits per heavy atom. The molecule has 2 rings (SSSR count). The number of amides is 3. The summed E-state index contributed by atoms with van der Waals surface area (Å²) in [6.45, 7) is 0.00949. The van der Waals surface area contributed by atoms with Crippen LogP contribution in [0.1, 0.15) is 22.3 Å². The molecule has 2 aromatic carbocycles. The summed E-state index contributed by atoms with van der Waals surface area (Å²) in [6.07, 6.45) is 10.4. The lowest BCUT2D eigenvalue weighted by molar-refractivity contribution is -0.141. The second-order valence-corrected chi connectivity index (χ2v) is 7.51. The average molecular weight is 511 g/mol. The fourth-order valence-electron chi connectivity index (χ4n) is 3.10. The van der Waals surface area contributed by atoms with Crippen molar-refractivity contribution in [2.24, 2.45) is 0 Å². The zero-order chi connectivity index (χ0) is 26.7. The van der Waals surface area contributed by atoms with Gasteiger partial charge in [-0.25, -0.2) is 4.79 Å². The molecule has 1 N–H and O–H groups in total. The third-order valence-electron chi connectivity index (χ3n) is 4.84. The molecule has 0 saturated carbocycles. The quantitative estimate of drug-likeness (QED) is 0.297. The van der Waals surface area contributed by atoms with Gasteiger partial charge in [-0.15, -0.1) is 12.8 Å². The van der Waals surface area contributed by atoms with E-state index < -0.39 is 23.7 Å². The van der Waals surface area contributed by atoms with Gasteiger partial charge in [-0.1, -0.05) is 29.8 Å². The zero-order valence-electron chi connectivity index (χ0n) is 19.6. The number of ether oxygens (including phenoxy) is 3. The summed E-state index contributed by atoms with van der Waals surface area (Å²) in [5, 5.41) is 2.79. The Hall–Kier alpha value is -4.47. The number of hydrogen-bond donors (Lipinski definition) is 1. The third kappa shape index (κ3) is 7.26. The molecule has 0 aliphatic rings. The van der Waals surface area contributed by atoms with Crippen LogP contribution < -0.4 is 14.8 Å². The number of carbonyl (C=O) groups is 4. The number of methoxy groups -OCH3 is 2. The lowest BCUT2D eigenvalue weighted by Crippen LogP contribution is -2.38. The second kappa shape index (κ2) is 13.4. The molecule has 0 aromatic heterocycles. The van der Waals surface area contributed by atoms with Crippen molar-refractivity contribution in [2.75, 3.05) is 32.7 Å². The van der Waals surface area contributed by atoms with Crippen LogP contribution in [-0.4, -0.2) is 56.0 Å². The number of hydrogen-bond acceptors (Lipinski definition) is 7. The van der Waals surface area contributed by atoms with Gasteiger partial charge >= 0.3 is 11.9 Å². The highest BCUT2D eigenvalue weighted by Gasteiger charge is 2.22. The van der Waals surface area contributed by atoms with Crippen LogP contribution in [0.4, 0.5) is 5.69 Å². The number of nitrogens with one attached hydrogen (secondary N) is 1. The molecular weight excluding hydrogens is 488 g/mol. The SMILES string of the molecule is C#CC(=O)Nc1cc(OC)c(OCCCN(C(=O)C#C)C(=O)Cc2ccccc2Cl)cc1C(=O)OC. The maximum atomic E-state index is 12.7. The van der Waals surface area contributed by atoms with Gasteiger partial charge in [-0.3, -0.25) is 19.3 Å². The van der Waals surface area contributed by atoms with E-state index in [2.05, 4.69) is 5.32 Å². The maximum Gasteiger partial charge on any atom is 0.340 e. The largest absolute Gasteiger partial charge is 0.493 e. The van der Waals surface area contributed by atoms with Gasteiger partial charge in [0, 0.05) is 23.7 Å². The summed E-state index contributed by atoms with van der Waals surface area (Å²) in [4.78, 5) is 49.7. The predicted molar refractivity (Wildman–Crippen MR) is 133 cm³/mol. The van der Waals surface area contributed by atoms with Crippen LogP contribution in [0.5, 0.6) is 11.5 Å². The van der Waals surface area contributed by atoms with E-state index in [4.69, 9.17) is 38.7 Å². The first-order valence-electron chi connectivity index (χ1n) is 10.5. The van der Waals surface area contributed by atoms with Crippen LogP contribution in [0, 0.1) is 24.7 Å². The van der Waals surface area contributed by atoms with Crippen molar-refractivity contribution in [1.29, 1.82) is 0 Å². The molecule has 0 fully saturated rings. The van der Waals surface area contributed by atoms with Crippen molar-refractivity contribution in [3.8, 4) is 36.2 Å². The summed E-state index contributed by atoms with van der Waals surface area (Å²) in [5.41, 5.74) is 0.619. The number of halogens is 1. The van der Waals surface area contributed by atoms with E-state index in [0.29, 0.717) is 10.6 Å². The van der Waals surface area contributed by atoms with E-state index in [1.165, 1.54) is 26.4 Å². The van der Waals surface area contributed by atoms with Crippen LogP contribution >= 0.6 is 11.6 Å². The molecule has 36 heavy (non-hydrogen) atoms. The van der Waals surface area contributed by atoms with Gasteiger partial charge in [0.05, 0.1) is 38.5 Å². The first kappa shape index (κ1) is 27.8. The predicted octanol–water partition coefficient (Wildman–Crippen LogP) is 2.71. The Morgan fingerprint density at radius 2 is 1.78 bits per heavy atom. The Morgan fingerprint density at radius 1 is 1.06 bits per heavy atom. The first-order chi connectivity index (χ1) is 17.2. The zero-order valence-corrected chi connectivity index (χ0v) is 20.4. The number of benzene rings is 2.